The number of fused-ring (bicyclic) bond motifs is 2. The Morgan fingerprint density at radius 3 is 3.00 bits per heavy atom. The molecule has 20 heavy (non-hydrogen) atoms. The molecule has 0 saturated heterocycles. The number of halogens is 1. The van der Waals surface area contributed by atoms with Crippen LogP contribution in [0.5, 0.6) is 0 Å². The van der Waals surface area contributed by atoms with Crippen LogP contribution in [0.3, 0.4) is 0 Å². The molecule has 0 amide bonds. The normalized spacial score (nSPS) is 18.5. The van der Waals surface area contributed by atoms with Crippen molar-refractivity contribution in [3.8, 4) is 0 Å². The van der Waals surface area contributed by atoms with Crippen LogP contribution in [0.2, 0.25) is 5.28 Å². The number of aromatic nitrogens is 2. The van der Waals surface area contributed by atoms with Crippen LogP contribution < -0.4 is 4.90 Å². The summed E-state index contributed by atoms with van der Waals surface area (Å²) < 4.78 is 0. The molecule has 3 aromatic heterocycles. The minimum Gasteiger partial charge on any atom is -0.349 e. The Morgan fingerprint density at radius 2 is 2.10 bits per heavy atom. The molecule has 0 aliphatic carbocycles. The van der Waals surface area contributed by atoms with E-state index >= 15 is 0 Å². The SMILES string of the molecule is CC1c2ccsc2CCN1c1nc(Cl)nc2sccc12. The van der Waals surface area contributed by atoms with Gasteiger partial charge in [-0.25, -0.2) is 4.98 Å². The highest BCUT2D eigenvalue weighted by molar-refractivity contribution is 7.16. The average molecular weight is 322 g/mol. The van der Waals surface area contributed by atoms with Crippen LogP contribution in [-0.4, -0.2) is 16.5 Å². The molecule has 6 heteroatoms. The van der Waals surface area contributed by atoms with Gasteiger partial charge in [0.1, 0.15) is 10.6 Å². The van der Waals surface area contributed by atoms with Crippen molar-refractivity contribution in [3.63, 3.8) is 0 Å². The van der Waals surface area contributed by atoms with Crippen LogP contribution in [0.25, 0.3) is 10.2 Å². The lowest BCUT2D eigenvalue weighted by Gasteiger charge is -2.34. The molecule has 4 rings (SSSR count). The van der Waals surface area contributed by atoms with Crippen LogP contribution in [0.4, 0.5) is 5.82 Å². The van der Waals surface area contributed by atoms with Gasteiger partial charge in [-0.2, -0.15) is 4.98 Å². The zero-order valence-electron chi connectivity index (χ0n) is 10.8. The topological polar surface area (TPSA) is 29.0 Å². The Morgan fingerprint density at radius 1 is 1.25 bits per heavy atom. The molecule has 1 unspecified atom stereocenters. The lowest BCUT2D eigenvalue weighted by Crippen LogP contribution is -2.33. The standard InChI is InChI=1S/C14H12ClN3S2/c1-8-9-3-6-19-11(9)2-5-18(8)12-10-4-7-20-13(10)17-14(15)16-12/h3-4,6-8H,2,5H2,1H3. The zero-order valence-corrected chi connectivity index (χ0v) is 13.2. The van der Waals surface area contributed by atoms with Crippen LogP contribution in [0.15, 0.2) is 22.9 Å². The molecule has 0 radical (unpaired) electrons. The third-order valence-corrected chi connectivity index (χ3v) is 5.80. The third kappa shape index (κ3) is 1.84. The Balaban J connectivity index is 1.86. The van der Waals surface area contributed by atoms with E-state index in [1.165, 1.54) is 10.4 Å². The molecule has 1 aliphatic rings. The fourth-order valence-corrected chi connectivity index (χ4v) is 4.77. The largest absolute Gasteiger partial charge is 0.349 e. The van der Waals surface area contributed by atoms with E-state index in [0.717, 1.165) is 29.0 Å². The van der Waals surface area contributed by atoms with E-state index in [1.807, 2.05) is 16.7 Å². The molecule has 102 valence electrons. The van der Waals surface area contributed by atoms with Crippen molar-refractivity contribution in [2.75, 3.05) is 11.4 Å². The molecular weight excluding hydrogens is 310 g/mol. The van der Waals surface area contributed by atoms with Gasteiger partial charge >= 0.3 is 0 Å². The first kappa shape index (κ1) is 12.6. The minimum atomic E-state index is 0.332. The number of rotatable bonds is 1. The van der Waals surface area contributed by atoms with Gasteiger partial charge in [-0.1, -0.05) is 0 Å². The summed E-state index contributed by atoms with van der Waals surface area (Å²) >= 11 is 9.55. The summed E-state index contributed by atoms with van der Waals surface area (Å²) in [5, 5.41) is 5.66. The van der Waals surface area contributed by atoms with Gasteiger partial charge in [-0.15, -0.1) is 22.7 Å². The number of nitrogens with zero attached hydrogens (tertiary/aromatic N) is 3. The maximum Gasteiger partial charge on any atom is 0.225 e. The van der Waals surface area contributed by atoms with Crippen molar-refractivity contribution in [3.05, 3.63) is 38.6 Å². The molecule has 0 spiro atoms. The molecule has 4 heterocycles. The second-order valence-corrected chi connectivity index (χ2v) is 7.11. The van der Waals surface area contributed by atoms with Gasteiger partial charge in [0, 0.05) is 11.4 Å². The summed E-state index contributed by atoms with van der Waals surface area (Å²) in [7, 11) is 0. The quantitative estimate of drug-likeness (QED) is 0.617. The Bertz CT molecular complexity index is 780. The van der Waals surface area contributed by atoms with Gasteiger partial charge in [-0.3, -0.25) is 0 Å². The number of thiophene rings is 2. The van der Waals surface area contributed by atoms with Gasteiger partial charge in [0.15, 0.2) is 0 Å². The summed E-state index contributed by atoms with van der Waals surface area (Å²) in [4.78, 5) is 13.6. The van der Waals surface area contributed by atoms with Crippen molar-refractivity contribution >= 4 is 50.3 Å². The molecule has 0 fully saturated rings. The lowest BCUT2D eigenvalue weighted by molar-refractivity contribution is 0.627. The molecule has 3 aromatic rings. The van der Waals surface area contributed by atoms with Crippen LogP contribution in [0.1, 0.15) is 23.4 Å². The first-order valence-electron chi connectivity index (χ1n) is 6.47. The molecule has 1 aliphatic heterocycles. The summed E-state index contributed by atoms with van der Waals surface area (Å²) in [6.45, 7) is 3.21. The van der Waals surface area contributed by atoms with Crippen molar-refractivity contribution in [2.24, 2.45) is 0 Å². The summed E-state index contributed by atoms with van der Waals surface area (Å²) in [5.74, 6) is 0.964. The Labute approximate surface area is 129 Å². The fourth-order valence-electron chi connectivity index (χ4n) is 2.83. The molecule has 1 atom stereocenters. The molecule has 3 nitrogen and oxygen atoms in total. The summed E-state index contributed by atoms with van der Waals surface area (Å²) in [6, 6.07) is 4.64. The highest BCUT2D eigenvalue weighted by Crippen LogP contribution is 2.38. The van der Waals surface area contributed by atoms with E-state index < -0.39 is 0 Å². The first-order valence-corrected chi connectivity index (χ1v) is 8.61. The Kier molecular flexibility index (Phi) is 2.94. The number of hydrogen-bond donors (Lipinski definition) is 0. The van der Waals surface area contributed by atoms with Gasteiger partial charge in [0.2, 0.25) is 5.28 Å². The van der Waals surface area contributed by atoms with Crippen molar-refractivity contribution in [2.45, 2.75) is 19.4 Å². The molecule has 0 aromatic carbocycles. The van der Waals surface area contributed by atoms with E-state index in [-0.39, 0.29) is 0 Å². The highest BCUT2D eigenvalue weighted by Gasteiger charge is 2.27. The average Bonchev–Trinajstić information content (AvgIpc) is 3.06. The van der Waals surface area contributed by atoms with Crippen molar-refractivity contribution in [1.82, 2.24) is 9.97 Å². The van der Waals surface area contributed by atoms with E-state index in [9.17, 15) is 0 Å². The van der Waals surface area contributed by atoms with Gasteiger partial charge < -0.3 is 4.90 Å². The highest BCUT2D eigenvalue weighted by atomic mass is 35.5. The van der Waals surface area contributed by atoms with Crippen molar-refractivity contribution < 1.29 is 0 Å². The van der Waals surface area contributed by atoms with Crippen LogP contribution in [0, 0.1) is 0 Å². The van der Waals surface area contributed by atoms with Crippen molar-refractivity contribution in [1.29, 1.82) is 0 Å². The van der Waals surface area contributed by atoms with E-state index in [2.05, 4.69) is 39.3 Å². The van der Waals surface area contributed by atoms with Gasteiger partial charge in [0.25, 0.3) is 0 Å². The second kappa shape index (κ2) is 4.69. The van der Waals surface area contributed by atoms with E-state index in [4.69, 9.17) is 11.6 Å². The third-order valence-electron chi connectivity index (χ3n) is 3.83. The zero-order chi connectivity index (χ0) is 13.7. The summed E-state index contributed by atoms with van der Waals surface area (Å²) in [5.41, 5.74) is 1.42. The smallest absolute Gasteiger partial charge is 0.225 e. The fraction of sp³-hybridized carbons (Fsp3) is 0.286. The number of anilines is 1. The minimum absolute atomic E-state index is 0.332. The Hall–Kier alpha value is -1.17. The van der Waals surface area contributed by atoms with E-state index in [1.54, 1.807) is 11.3 Å². The monoisotopic (exact) mass is 321 g/mol. The van der Waals surface area contributed by atoms with Gasteiger partial charge in [-0.05, 0) is 53.4 Å². The summed E-state index contributed by atoms with van der Waals surface area (Å²) in [6.07, 6.45) is 1.07. The van der Waals surface area contributed by atoms with E-state index in [0.29, 0.717) is 11.3 Å². The maximum atomic E-state index is 6.09. The lowest BCUT2D eigenvalue weighted by atomic mass is 10.0. The van der Waals surface area contributed by atoms with Crippen LogP contribution >= 0.6 is 34.3 Å². The number of hydrogen-bond acceptors (Lipinski definition) is 5. The first-order chi connectivity index (χ1) is 9.74. The molecule has 0 saturated carbocycles. The second-order valence-electron chi connectivity index (χ2n) is 4.87. The maximum absolute atomic E-state index is 6.09. The molecular formula is C14H12ClN3S2. The predicted molar refractivity (Wildman–Crippen MR) is 86.2 cm³/mol. The predicted octanol–water partition coefficient (Wildman–Crippen LogP) is 4.53. The van der Waals surface area contributed by atoms with Gasteiger partial charge in [0.05, 0.1) is 11.4 Å². The molecule has 0 N–H and O–H groups in total. The molecule has 0 bridgehead atoms. The van der Waals surface area contributed by atoms with Crippen LogP contribution in [-0.2, 0) is 6.42 Å².